The molecule has 1 fully saturated rings. The minimum absolute atomic E-state index is 0.127. The van der Waals surface area contributed by atoms with Crippen LogP contribution in [0.15, 0.2) is 54.9 Å². The Morgan fingerprint density at radius 3 is 2.60 bits per heavy atom. The molecule has 0 spiro atoms. The van der Waals surface area contributed by atoms with Gasteiger partial charge in [-0.1, -0.05) is 30.3 Å². The van der Waals surface area contributed by atoms with E-state index in [4.69, 9.17) is 0 Å². The third kappa shape index (κ3) is 3.29. The first kappa shape index (κ1) is 15.9. The molecule has 1 aliphatic rings. The number of pyridine rings is 1. The predicted molar refractivity (Wildman–Crippen MR) is 99.6 cm³/mol. The van der Waals surface area contributed by atoms with Crippen molar-refractivity contribution in [3.05, 3.63) is 66.0 Å². The molecule has 1 saturated heterocycles. The van der Waals surface area contributed by atoms with E-state index in [1.54, 1.807) is 6.20 Å². The van der Waals surface area contributed by atoms with Gasteiger partial charge >= 0.3 is 0 Å². The number of likely N-dealkylation sites (tertiary alicyclic amines) is 1. The number of amides is 1. The number of benzene rings is 1. The van der Waals surface area contributed by atoms with Gasteiger partial charge in [0.25, 0.3) is 5.91 Å². The van der Waals surface area contributed by atoms with Crippen molar-refractivity contribution in [3.8, 4) is 0 Å². The molecule has 1 aliphatic heterocycles. The molecule has 4 nitrogen and oxygen atoms in total. The molecule has 25 heavy (non-hydrogen) atoms. The highest BCUT2D eigenvalue weighted by atomic mass is 16.2. The van der Waals surface area contributed by atoms with E-state index in [1.807, 2.05) is 23.2 Å². The monoisotopic (exact) mass is 333 g/mol. The SMILES string of the molecule is O=C(c1cn(CCc2ccccc2)c2cccnc12)N1CCCCC1. The van der Waals surface area contributed by atoms with Gasteiger partial charge in [-0.3, -0.25) is 9.78 Å². The van der Waals surface area contributed by atoms with Gasteiger partial charge in [-0.2, -0.15) is 0 Å². The first-order valence-corrected chi connectivity index (χ1v) is 9.10. The van der Waals surface area contributed by atoms with Crippen molar-refractivity contribution < 1.29 is 4.79 Å². The van der Waals surface area contributed by atoms with Crippen molar-refractivity contribution in [1.82, 2.24) is 14.5 Å². The third-order valence-electron chi connectivity index (χ3n) is 4.99. The normalized spacial score (nSPS) is 14.8. The zero-order valence-corrected chi connectivity index (χ0v) is 14.4. The summed E-state index contributed by atoms with van der Waals surface area (Å²) in [5.74, 6) is 0.127. The van der Waals surface area contributed by atoms with Crippen LogP contribution in [0.3, 0.4) is 0 Å². The Hall–Kier alpha value is -2.62. The zero-order chi connectivity index (χ0) is 17.1. The first-order valence-electron chi connectivity index (χ1n) is 9.10. The van der Waals surface area contributed by atoms with Crippen molar-refractivity contribution in [2.75, 3.05) is 13.1 Å². The fraction of sp³-hybridized carbons (Fsp3) is 0.333. The lowest BCUT2D eigenvalue weighted by Crippen LogP contribution is -2.35. The van der Waals surface area contributed by atoms with Gasteiger partial charge in [-0.05, 0) is 43.4 Å². The number of rotatable bonds is 4. The van der Waals surface area contributed by atoms with E-state index in [2.05, 4.69) is 39.9 Å². The summed E-state index contributed by atoms with van der Waals surface area (Å²) in [6.07, 6.45) is 8.14. The van der Waals surface area contributed by atoms with Gasteiger partial charge < -0.3 is 9.47 Å². The van der Waals surface area contributed by atoms with Gasteiger partial charge in [0.2, 0.25) is 0 Å². The van der Waals surface area contributed by atoms with E-state index < -0.39 is 0 Å². The van der Waals surface area contributed by atoms with E-state index in [1.165, 1.54) is 12.0 Å². The zero-order valence-electron chi connectivity index (χ0n) is 14.4. The summed E-state index contributed by atoms with van der Waals surface area (Å²) >= 11 is 0. The molecule has 1 amide bonds. The predicted octanol–water partition coefficient (Wildman–Crippen LogP) is 3.91. The maximum atomic E-state index is 13.0. The summed E-state index contributed by atoms with van der Waals surface area (Å²) in [6, 6.07) is 14.4. The lowest BCUT2D eigenvalue weighted by molar-refractivity contribution is 0.0726. The highest BCUT2D eigenvalue weighted by Crippen LogP contribution is 2.22. The van der Waals surface area contributed by atoms with Crippen LogP contribution in [-0.4, -0.2) is 33.4 Å². The third-order valence-corrected chi connectivity index (χ3v) is 4.99. The summed E-state index contributed by atoms with van der Waals surface area (Å²) in [5.41, 5.74) is 3.91. The standard InChI is InChI=1S/C21H23N3O/c25-21(23-13-5-2-6-14-23)18-16-24(19-10-7-12-22-20(18)19)15-11-17-8-3-1-4-9-17/h1,3-4,7-10,12,16H,2,5-6,11,13-15H2. The topological polar surface area (TPSA) is 38.1 Å². The van der Waals surface area contributed by atoms with E-state index in [0.29, 0.717) is 0 Å². The summed E-state index contributed by atoms with van der Waals surface area (Å²) in [6.45, 7) is 2.57. The van der Waals surface area contributed by atoms with Crippen molar-refractivity contribution in [2.24, 2.45) is 0 Å². The number of aromatic nitrogens is 2. The van der Waals surface area contributed by atoms with Crippen molar-refractivity contribution in [3.63, 3.8) is 0 Å². The average Bonchev–Trinajstić information content (AvgIpc) is 3.06. The Labute approximate surface area is 148 Å². The maximum Gasteiger partial charge on any atom is 0.257 e. The smallest absolute Gasteiger partial charge is 0.257 e. The molecule has 0 aliphatic carbocycles. The van der Waals surface area contributed by atoms with Crippen LogP contribution in [-0.2, 0) is 13.0 Å². The van der Waals surface area contributed by atoms with Crippen molar-refractivity contribution in [1.29, 1.82) is 0 Å². The van der Waals surface area contributed by atoms with Gasteiger partial charge in [0, 0.05) is 32.0 Å². The van der Waals surface area contributed by atoms with Gasteiger partial charge in [0.15, 0.2) is 0 Å². The van der Waals surface area contributed by atoms with Crippen LogP contribution in [0.4, 0.5) is 0 Å². The van der Waals surface area contributed by atoms with Gasteiger partial charge in [-0.25, -0.2) is 0 Å². The Kier molecular flexibility index (Phi) is 4.51. The summed E-state index contributed by atoms with van der Waals surface area (Å²) in [4.78, 5) is 19.5. The molecule has 2 aromatic heterocycles. The number of carbonyl (C=O) groups is 1. The number of hydrogen-bond donors (Lipinski definition) is 0. The minimum atomic E-state index is 0.127. The molecule has 128 valence electrons. The molecule has 0 bridgehead atoms. The molecule has 0 saturated carbocycles. The Morgan fingerprint density at radius 1 is 1.00 bits per heavy atom. The Morgan fingerprint density at radius 2 is 1.80 bits per heavy atom. The lowest BCUT2D eigenvalue weighted by atomic mass is 10.1. The van der Waals surface area contributed by atoms with Crippen molar-refractivity contribution in [2.45, 2.75) is 32.2 Å². The highest BCUT2D eigenvalue weighted by Gasteiger charge is 2.22. The molecule has 0 atom stereocenters. The van der Waals surface area contributed by atoms with Crippen LogP contribution in [0, 0.1) is 0 Å². The largest absolute Gasteiger partial charge is 0.345 e. The molecule has 0 unspecified atom stereocenters. The van der Waals surface area contributed by atoms with E-state index in [0.717, 1.165) is 55.5 Å². The van der Waals surface area contributed by atoms with Crippen molar-refractivity contribution >= 4 is 16.9 Å². The van der Waals surface area contributed by atoms with Crippen LogP contribution in [0.1, 0.15) is 35.2 Å². The lowest BCUT2D eigenvalue weighted by Gasteiger charge is -2.26. The molecular weight excluding hydrogens is 310 g/mol. The molecule has 4 rings (SSSR count). The van der Waals surface area contributed by atoms with Gasteiger partial charge in [0.05, 0.1) is 11.1 Å². The minimum Gasteiger partial charge on any atom is -0.345 e. The van der Waals surface area contributed by atoms with E-state index >= 15 is 0 Å². The first-order chi connectivity index (χ1) is 12.3. The number of carbonyl (C=O) groups excluding carboxylic acids is 1. The van der Waals surface area contributed by atoms with Gasteiger partial charge in [-0.15, -0.1) is 0 Å². The van der Waals surface area contributed by atoms with Crippen LogP contribution in [0.2, 0.25) is 0 Å². The fourth-order valence-electron chi connectivity index (χ4n) is 3.63. The van der Waals surface area contributed by atoms with Gasteiger partial charge in [0.1, 0.15) is 5.52 Å². The number of hydrogen-bond acceptors (Lipinski definition) is 2. The Balaban J connectivity index is 1.63. The molecule has 1 aromatic carbocycles. The second kappa shape index (κ2) is 7.09. The summed E-state index contributed by atoms with van der Waals surface area (Å²) < 4.78 is 2.17. The van der Waals surface area contributed by atoms with Crippen LogP contribution < -0.4 is 0 Å². The maximum absolute atomic E-state index is 13.0. The molecule has 3 aromatic rings. The molecular formula is C21H23N3O. The molecule has 0 N–H and O–H groups in total. The molecule has 4 heteroatoms. The average molecular weight is 333 g/mol. The Bertz CT molecular complexity index is 863. The molecule has 0 radical (unpaired) electrons. The fourth-order valence-corrected chi connectivity index (χ4v) is 3.63. The summed E-state index contributed by atoms with van der Waals surface area (Å²) in [5, 5.41) is 0. The molecule has 3 heterocycles. The second-order valence-corrected chi connectivity index (χ2v) is 6.70. The number of fused-ring (bicyclic) bond motifs is 1. The summed E-state index contributed by atoms with van der Waals surface area (Å²) in [7, 11) is 0. The quantitative estimate of drug-likeness (QED) is 0.726. The van der Waals surface area contributed by atoms with Crippen LogP contribution in [0.25, 0.3) is 11.0 Å². The van der Waals surface area contributed by atoms with E-state index in [-0.39, 0.29) is 5.91 Å². The highest BCUT2D eigenvalue weighted by molar-refractivity contribution is 6.05. The van der Waals surface area contributed by atoms with Crippen LogP contribution in [0.5, 0.6) is 0 Å². The number of piperidine rings is 1. The second-order valence-electron chi connectivity index (χ2n) is 6.70. The number of nitrogens with zero attached hydrogens (tertiary/aromatic N) is 3. The van der Waals surface area contributed by atoms with Crippen LogP contribution >= 0.6 is 0 Å². The van der Waals surface area contributed by atoms with E-state index in [9.17, 15) is 4.79 Å². The number of aryl methyl sites for hydroxylation is 2.